The van der Waals surface area contributed by atoms with Gasteiger partial charge in [-0.2, -0.15) is 0 Å². The van der Waals surface area contributed by atoms with Crippen molar-refractivity contribution in [1.82, 2.24) is 15.2 Å². The molecular weight excluding hydrogens is 326 g/mol. The molecule has 124 valence electrons. The van der Waals surface area contributed by atoms with Gasteiger partial charge >= 0.3 is 0 Å². The first-order valence-corrected chi connectivity index (χ1v) is 8.65. The van der Waals surface area contributed by atoms with Crippen LogP contribution in [0.2, 0.25) is 0 Å². The summed E-state index contributed by atoms with van der Waals surface area (Å²) in [4.78, 5) is 41.5. The third-order valence-electron chi connectivity index (χ3n) is 3.81. The number of amides is 3. The van der Waals surface area contributed by atoms with E-state index in [0.717, 1.165) is 5.01 Å². The number of benzene rings is 1. The first-order chi connectivity index (χ1) is 11.7. The molecule has 3 rings (SSSR count). The van der Waals surface area contributed by atoms with E-state index in [4.69, 9.17) is 0 Å². The van der Waals surface area contributed by atoms with Gasteiger partial charge in [-0.05, 0) is 18.6 Å². The fourth-order valence-electron chi connectivity index (χ4n) is 2.61. The molecule has 0 fully saturated rings. The minimum atomic E-state index is -0.278. The topological polar surface area (TPSA) is 79.4 Å². The summed E-state index contributed by atoms with van der Waals surface area (Å²) in [6.07, 6.45) is 3.19. The van der Waals surface area contributed by atoms with Gasteiger partial charge in [0.05, 0.1) is 16.1 Å². The van der Waals surface area contributed by atoms with Crippen LogP contribution in [0.4, 0.5) is 0 Å². The van der Waals surface area contributed by atoms with Gasteiger partial charge in [-0.25, -0.2) is 4.98 Å². The number of fused-ring (bicyclic) bond motifs is 1. The fourth-order valence-corrected chi connectivity index (χ4v) is 3.23. The zero-order valence-electron chi connectivity index (χ0n) is 13.0. The molecule has 1 aliphatic heterocycles. The molecule has 1 aliphatic rings. The molecule has 0 atom stereocenters. The predicted molar refractivity (Wildman–Crippen MR) is 89.9 cm³/mol. The van der Waals surface area contributed by atoms with Crippen molar-refractivity contribution in [2.75, 3.05) is 13.1 Å². The molecule has 24 heavy (non-hydrogen) atoms. The Balaban J connectivity index is 1.41. The number of carbonyl (C=O) groups excluding carboxylic acids is 3. The molecule has 6 nitrogen and oxygen atoms in total. The average Bonchev–Trinajstić information content (AvgIpc) is 3.18. The summed E-state index contributed by atoms with van der Waals surface area (Å²) in [7, 11) is 0. The highest BCUT2D eigenvalue weighted by molar-refractivity contribution is 7.09. The van der Waals surface area contributed by atoms with E-state index in [0.29, 0.717) is 30.5 Å². The van der Waals surface area contributed by atoms with E-state index in [9.17, 15) is 14.4 Å². The predicted octanol–water partition coefficient (Wildman–Crippen LogP) is 1.88. The third-order valence-corrected chi connectivity index (χ3v) is 4.65. The van der Waals surface area contributed by atoms with Crippen LogP contribution in [-0.4, -0.2) is 40.7 Å². The van der Waals surface area contributed by atoms with Crippen LogP contribution in [0, 0.1) is 0 Å². The van der Waals surface area contributed by atoms with Crippen LogP contribution in [0.25, 0.3) is 0 Å². The van der Waals surface area contributed by atoms with Gasteiger partial charge in [0, 0.05) is 37.5 Å². The minimum Gasteiger partial charge on any atom is -0.356 e. The molecule has 1 N–H and O–H groups in total. The summed E-state index contributed by atoms with van der Waals surface area (Å²) in [5.41, 5.74) is 0.880. The van der Waals surface area contributed by atoms with E-state index in [1.807, 2.05) is 5.38 Å². The third kappa shape index (κ3) is 3.51. The van der Waals surface area contributed by atoms with Crippen molar-refractivity contribution in [3.05, 3.63) is 52.0 Å². The lowest BCUT2D eigenvalue weighted by Crippen LogP contribution is -2.32. The molecule has 3 amide bonds. The molecule has 0 saturated carbocycles. The Morgan fingerprint density at radius 3 is 2.50 bits per heavy atom. The van der Waals surface area contributed by atoms with Crippen molar-refractivity contribution in [3.63, 3.8) is 0 Å². The Morgan fingerprint density at radius 2 is 1.88 bits per heavy atom. The Hall–Kier alpha value is -2.54. The molecule has 0 bridgehead atoms. The maximum Gasteiger partial charge on any atom is 0.261 e. The summed E-state index contributed by atoms with van der Waals surface area (Å²) < 4.78 is 0. The Morgan fingerprint density at radius 1 is 1.17 bits per heavy atom. The highest BCUT2D eigenvalue weighted by Gasteiger charge is 2.34. The number of aromatic nitrogens is 1. The first-order valence-electron chi connectivity index (χ1n) is 7.77. The lowest BCUT2D eigenvalue weighted by Gasteiger charge is -2.13. The number of carbonyl (C=O) groups is 3. The second-order valence-electron chi connectivity index (χ2n) is 5.44. The Kier molecular flexibility index (Phi) is 5.00. The van der Waals surface area contributed by atoms with Crippen LogP contribution in [-0.2, 0) is 11.2 Å². The summed E-state index contributed by atoms with van der Waals surface area (Å²) in [5, 5.41) is 5.71. The van der Waals surface area contributed by atoms with Gasteiger partial charge in [0.1, 0.15) is 0 Å². The van der Waals surface area contributed by atoms with Gasteiger partial charge in [0.2, 0.25) is 5.91 Å². The smallest absolute Gasteiger partial charge is 0.261 e. The van der Waals surface area contributed by atoms with Crippen LogP contribution in [0.3, 0.4) is 0 Å². The average molecular weight is 343 g/mol. The van der Waals surface area contributed by atoms with E-state index in [1.54, 1.807) is 41.8 Å². The van der Waals surface area contributed by atoms with Gasteiger partial charge < -0.3 is 5.32 Å². The van der Waals surface area contributed by atoms with E-state index < -0.39 is 0 Å². The highest BCUT2D eigenvalue weighted by Crippen LogP contribution is 2.22. The SMILES string of the molecule is O=C(CCCN1C(=O)c2ccccc2C1=O)NCCc1nccs1. The van der Waals surface area contributed by atoms with E-state index in [1.165, 1.54) is 4.90 Å². The van der Waals surface area contributed by atoms with Crippen molar-refractivity contribution in [2.45, 2.75) is 19.3 Å². The van der Waals surface area contributed by atoms with E-state index in [-0.39, 0.29) is 30.7 Å². The molecule has 1 aromatic carbocycles. The molecule has 2 heterocycles. The van der Waals surface area contributed by atoms with Crippen LogP contribution >= 0.6 is 11.3 Å². The van der Waals surface area contributed by atoms with Gasteiger partial charge in [0.25, 0.3) is 11.8 Å². The first kappa shape index (κ1) is 16.3. The second-order valence-corrected chi connectivity index (χ2v) is 6.42. The quantitative estimate of drug-likeness (QED) is 0.779. The van der Waals surface area contributed by atoms with Crippen molar-refractivity contribution >= 4 is 29.1 Å². The molecule has 0 radical (unpaired) electrons. The second kappa shape index (κ2) is 7.35. The number of nitrogens with one attached hydrogen (secondary N) is 1. The maximum atomic E-state index is 12.2. The summed E-state index contributed by atoms with van der Waals surface area (Å²) in [5.74, 6) is -0.636. The minimum absolute atomic E-state index is 0.0804. The number of hydrogen-bond donors (Lipinski definition) is 1. The molecular formula is C17H17N3O3S. The van der Waals surface area contributed by atoms with Crippen LogP contribution in [0.5, 0.6) is 0 Å². The normalized spacial score (nSPS) is 13.2. The van der Waals surface area contributed by atoms with Gasteiger partial charge in [-0.1, -0.05) is 12.1 Å². The van der Waals surface area contributed by atoms with Gasteiger partial charge in [-0.15, -0.1) is 11.3 Å². The summed E-state index contributed by atoms with van der Waals surface area (Å²) >= 11 is 1.56. The fraction of sp³-hybridized carbons (Fsp3) is 0.294. The van der Waals surface area contributed by atoms with E-state index >= 15 is 0 Å². The molecule has 0 unspecified atom stereocenters. The number of rotatable bonds is 7. The zero-order valence-corrected chi connectivity index (χ0v) is 13.8. The molecule has 0 spiro atoms. The Bertz CT molecular complexity index is 723. The van der Waals surface area contributed by atoms with Crippen LogP contribution < -0.4 is 5.32 Å². The monoisotopic (exact) mass is 343 g/mol. The summed E-state index contributed by atoms with van der Waals surface area (Å²) in [6.45, 7) is 0.797. The largest absolute Gasteiger partial charge is 0.356 e. The standard InChI is InChI=1S/C17H17N3O3S/c21-14(18-8-7-15-19-9-11-24-15)6-3-10-20-16(22)12-4-1-2-5-13(12)17(20)23/h1-2,4-5,9,11H,3,6-8,10H2,(H,18,21). The number of nitrogens with zero attached hydrogens (tertiary/aromatic N) is 2. The molecule has 7 heteroatoms. The number of imide groups is 1. The zero-order chi connectivity index (χ0) is 16.9. The lowest BCUT2D eigenvalue weighted by atomic mass is 10.1. The van der Waals surface area contributed by atoms with Crippen molar-refractivity contribution in [3.8, 4) is 0 Å². The molecule has 0 aliphatic carbocycles. The van der Waals surface area contributed by atoms with Crippen molar-refractivity contribution < 1.29 is 14.4 Å². The van der Waals surface area contributed by atoms with Crippen LogP contribution in [0.15, 0.2) is 35.8 Å². The van der Waals surface area contributed by atoms with Crippen molar-refractivity contribution in [1.29, 1.82) is 0 Å². The van der Waals surface area contributed by atoms with E-state index in [2.05, 4.69) is 10.3 Å². The molecule has 1 aromatic heterocycles. The van der Waals surface area contributed by atoms with Gasteiger partial charge in [-0.3, -0.25) is 19.3 Å². The summed E-state index contributed by atoms with van der Waals surface area (Å²) in [6, 6.07) is 6.79. The van der Waals surface area contributed by atoms with Crippen molar-refractivity contribution in [2.24, 2.45) is 0 Å². The molecule has 0 saturated heterocycles. The maximum absolute atomic E-state index is 12.2. The van der Waals surface area contributed by atoms with Crippen LogP contribution in [0.1, 0.15) is 38.6 Å². The molecule has 2 aromatic rings. The highest BCUT2D eigenvalue weighted by atomic mass is 32.1. The number of thiazole rings is 1. The Labute approximate surface area is 143 Å². The lowest BCUT2D eigenvalue weighted by molar-refractivity contribution is -0.121. The number of hydrogen-bond acceptors (Lipinski definition) is 5. The van der Waals surface area contributed by atoms with Gasteiger partial charge in [0.15, 0.2) is 0 Å².